The molecule has 196 valence electrons. The van der Waals surface area contributed by atoms with Crippen molar-refractivity contribution in [3.8, 4) is 5.75 Å². The predicted octanol–water partition coefficient (Wildman–Crippen LogP) is 5.46. The van der Waals surface area contributed by atoms with Gasteiger partial charge in [0.2, 0.25) is 0 Å². The number of aryl methyl sites for hydroxylation is 1. The van der Waals surface area contributed by atoms with Gasteiger partial charge in [-0.15, -0.1) is 12.4 Å². The summed E-state index contributed by atoms with van der Waals surface area (Å²) < 4.78 is 5.76. The van der Waals surface area contributed by atoms with E-state index in [1.165, 1.54) is 0 Å². The number of rotatable bonds is 7. The average Bonchev–Trinajstić information content (AvgIpc) is 3.11. The van der Waals surface area contributed by atoms with E-state index in [1.807, 2.05) is 50.2 Å². The molecule has 8 heteroatoms. The summed E-state index contributed by atoms with van der Waals surface area (Å²) in [6.45, 7) is 8.36. The van der Waals surface area contributed by atoms with E-state index in [1.54, 1.807) is 30.3 Å². The molecule has 1 saturated heterocycles. The first-order valence-corrected chi connectivity index (χ1v) is 12.4. The fourth-order valence-electron chi connectivity index (χ4n) is 4.25. The van der Waals surface area contributed by atoms with Crippen molar-refractivity contribution in [1.82, 2.24) is 4.90 Å². The van der Waals surface area contributed by atoms with Crippen molar-refractivity contribution in [1.29, 1.82) is 0 Å². The molecule has 3 aromatic carbocycles. The number of carbonyl (C=O) groups is 2. The zero-order valence-corrected chi connectivity index (χ0v) is 22.4. The molecule has 2 amide bonds. The number of halogens is 1. The van der Waals surface area contributed by atoms with Gasteiger partial charge in [-0.3, -0.25) is 9.59 Å². The summed E-state index contributed by atoms with van der Waals surface area (Å²) >= 11 is 0. The van der Waals surface area contributed by atoms with Gasteiger partial charge in [0.05, 0.1) is 12.3 Å². The minimum atomic E-state index is -0.268. The zero-order chi connectivity index (χ0) is 25.5. The second kappa shape index (κ2) is 13.1. The van der Waals surface area contributed by atoms with Crippen LogP contribution in [-0.2, 0) is 0 Å². The van der Waals surface area contributed by atoms with Gasteiger partial charge < -0.3 is 25.2 Å². The molecular formula is C29H35ClN4O3. The normalized spacial score (nSPS) is 13.8. The summed E-state index contributed by atoms with van der Waals surface area (Å²) in [5, 5.41) is 5.88. The lowest BCUT2D eigenvalue weighted by Crippen LogP contribution is -2.28. The second-order valence-corrected chi connectivity index (χ2v) is 9.08. The smallest absolute Gasteiger partial charge is 0.255 e. The molecule has 3 aromatic rings. The van der Waals surface area contributed by atoms with Gasteiger partial charge in [-0.2, -0.15) is 0 Å². The molecular weight excluding hydrogens is 488 g/mol. The van der Waals surface area contributed by atoms with E-state index in [2.05, 4.69) is 27.5 Å². The van der Waals surface area contributed by atoms with E-state index in [0.29, 0.717) is 34.9 Å². The van der Waals surface area contributed by atoms with Gasteiger partial charge in [-0.25, -0.2) is 0 Å². The summed E-state index contributed by atoms with van der Waals surface area (Å²) in [5.41, 5.74) is 4.17. The number of amides is 2. The van der Waals surface area contributed by atoms with Gasteiger partial charge in [0, 0.05) is 36.4 Å². The van der Waals surface area contributed by atoms with E-state index in [9.17, 15) is 9.59 Å². The first-order valence-electron chi connectivity index (χ1n) is 12.4. The van der Waals surface area contributed by atoms with E-state index >= 15 is 0 Å². The average molecular weight is 523 g/mol. The maximum Gasteiger partial charge on any atom is 0.255 e. The molecule has 1 aliphatic rings. The SMILES string of the molecule is CCOc1cccc(NC(=O)c2ccc(C)cc2)c1NC(=O)c1ccc(N2CCCN(C)CC2)cc1.Cl. The van der Waals surface area contributed by atoms with Crippen molar-refractivity contribution < 1.29 is 14.3 Å². The van der Waals surface area contributed by atoms with Crippen LogP contribution in [-0.4, -0.2) is 56.5 Å². The largest absolute Gasteiger partial charge is 0.492 e. The highest BCUT2D eigenvalue weighted by molar-refractivity contribution is 6.11. The summed E-state index contributed by atoms with van der Waals surface area (Å²) in [4.78, 5) is 30.8. The van der Waals surface area contributed by atoms with E-state index in [-0.39, 0.29) is 24.2 Å². The number of carbonyl (C=O) groups excluding carboxylic acids is 2. The number of benzene rings is 3. The molecule has 0 aromatic heterocycles. The standard InChI is InChI=1S/C29H34N4O3.ClH/c1-4-36-26-8-5-7-25(30-28(34)22-11-9-21(2)10-12-22)27(26)31-29(35)23-13-15-24(16-14-23)33-18-6-17-32(3)19-20-33;/h5,7-16H,4,6,17-20H2,1-3H3,(H,30,34)(H,31,35);1H. The van der Waals surface area contributed by atoms with Gasteiger partial charge in [-0.05, 0) is 82.4 Å². The minimum Gasteiger partial charge on any atom is -0.492 e. The number of nitrogens with zero attached hydrogens (tertiary/aromatic N) is 2. The number of nitrogens with one attached hydrogen (secondary N) is 2. The van der Waals surface area contributed by atoms with Crippen molar-refractivity contribution >= 4 is 41.3 Å². The van der Waals surface area contributed by atoms with Gasteiger partial charge in [0.25, 0.3) is 11.8 Å². The molecule has 0 unspecified atom stereocenters. The van der Waals surface area contributed by atoms with Gasteiger partial charge in [0.1, 0.15) is 11.4 Å². The lowest BCUT2D eigenvalue weighted by Gasteiger charge is -2.23. The molecule has 4 rings (SSSR count). The summed E-state index contributed by atoms with van der Waals surface area (Å²) in [5.74, 6) is -0.0282. The van der Waals surface area contributed by atoms with Crippen LogP contribution in [0.25, 0.3) is 0 Å². The Bertz CT molecular complexity index is 1200. The molecule has 0 bridgehead atoms. The summed E-state index contributed by atoms with van der Waals surface area (Å²) in [7, 11) is 2.15. The second-order valence-electron chi connectivity index (χ2n) is 9.08. The third-order valence-electron chi connectivity index (χ3n) is 6.34. The molecule has 37 heavy (non-hydrogen) atoms. The lowest BCUT2D eigenvalue weighted by molar-refractivity contribution is 0.101. The fourth-order valence-corrected chi connectivity index (χ4v) is 4.25. The highest BCUT2D eigenvalue weighted by Crippen LogP contribution is 2.34. The Morgan fingerprint density at radius 3 is 2.16 bits per heavy atom. The maximum absolute atomic E-state index is 13.2. The van der Waals surface area contributed by atoms with Crippen LogP contribution in [0.15, 0.2) is 66.7 Å². The highest BCUT2D eigenvalue weighted by atomic mass is 35.5. The highest BCUT2D eigenvalue weighted by Gasteiger charge is 2.18. The number of ether oxygens (including phenoxy) is 1. The van der Waals surface area contributed by atoms with Crippen LogP contribution >= 0.6 is 12.4 Å². The predicted molar refractivity (Wildman–Crippen MR) is 153 cm³/mol. The monoisotopic (exact) mass is 522 g/mol. The van der Waals surface area contributed by atoms with Gasteiger partial charge in [-0.1, -0.05) is 23.8 Å². The van der Waals surface area contributed by atoms with Crippen LogP contribution in [0.3, 0.4) is 0 Å². The summed E-state index contributed by atoms with van der Waals surface area (Å²) in [6, 6.07) is 20.3. The Balaban J connectivity index is 0.00000380. The fraction of sp³-hybridized carbons (Fsp3) is 0.310. The van der Waals surface area contributed by atoms with Crippen LogP contribution in [0.5, 0.6) is 5.75 Å². The molecule has 0 atom stereocenters. The molecule has 7 nitrogen and oxygen atoms in total. The van der Waals surface area contributed by atoms with E-state index in [0.717, 1.165) is 43.9 Å². The maximum atomic E-state index is 13.2. The molecule has 0 saturated carbocycles. The Labute approximate surface area is 225 Å². The Hall–Kier alpha value is -3.55. The zero-order valence-electron chi connectivity index (χ0n) is 21.6. The van der Waals surface area contributed by atoms with Crippen molar-refractivity contribution in [3.63, 3.8) is 0 Å². The molecule has 1 heterocycles. The van der Waals surface area contributed by atoms with Crippen molar-refractivity contribution in [3.05, 3.63) is 83.4 Å². The van der Waals surface area contributed by atoms with Gasteiger partial charge >= 0.3 is 0 Å². The Kier molecular flexibility index (Phi) is 9.94. The van der Waals surface area contributed by atoms with Crippen LogP contribution < -0.4 is 20.3 Å². The first-order chi connectivity index (χ1) is 17.4. The van der Waals surface area contributed by atoms with Crippen LogP contribution in [0, 0.1) is 6.92 Å². The first kappa shape index (κ1) is 28.0. The van der Waals surface area contributed by atoms with Crippen LogP contribution in [0.1, 0.15) is 39.6 Å². The number of para-hydroxylation sites is 1. The quantitative estimate of drug-likeness (QED) is 0.431. The molecule has 0 spiro atoms. The topological polar surface area (TPSA) is 73.9 Å². The van der Waals surface area contributed by atoms with Crippen molar-refractivity contribution in [2.75, 3.05) is 55.4 Å². The molecule has 1 fully saturated rings. The Morgan fingerprint density at radius 1 is 0.838 bits per heavy atom. The minimum absolute atomic E-state index is 0. The van der Waals surface area contributed by atoms with E-state index in [4.69, 9.17) is 4.74 Å². The van der Waals surface area contributed by atoms with Gasteiger partial charge in [0.15, 0.2) is 0 Å². The summed E-state index contributed by atoms with van der Waals surface area (Å²) in [6.07, 6.45) is 1.12. The number of anilines is 3. The molecule has 2 N–H and O–H groups in total. The number of hydrogen-bond donors (Lipinski definition) is 2. The number of hydrogen-bond acceptors (Lipinski definition) is 5. The lowest BCUT2D eigenvalue weighted by atomic mass is 10.1. The Morgan fingerprint density at radius 2 is 1.49 bits per heavy atom. The van der Waals surface area contributed by atoms with Crippen LogP contribution in [0.2, 0.25) is 0 Å². The molecule has 1 aliphatic heterocycles. The molecule has 0 radical (unpaired) electrons. The van der Waals surface area contributed by atoms with Crippen LogP contribution in [0.4, 0.5) is 17.1 Å². The third kappa shape index (κ3) is 7.24. The third-order valence-corrected chi connectivity index (χ3v) is 6.34. The van der Waals surface area contributed by atoms with Crippen molar-refractivity contribution in [2.45, 2.75) is 20.3 Å². The van der Waals surface area contributed by atoms with Crippen molar-refractivity contribution in [2.24, 2.45) is 0 Å². The molecule has 0 aliphatic carbocycles. The van der Waals surface area contributed by atoms with E-state index < -0.39 is 0 Å². The number of likely N-dealkylation sites (N-methyl/N-ethyl adjacent to an activating group) is 1.